The zero-order chi connectivity index (χ0) is 44.5. The number of hydrogen-bond acceptors (Lipinski definition) is 12. The van der Waals surface area contributed by atoms with Gasteiger partial charge in [-0.1, -0.05) is 42.8 Å². The van der Waals surface area contributed by atoms with Crippen molar-refractivity contribution >= 4 is 58.7 Å². The maximum absolute atomic E-state index is 13.2. The highest BCUT2D eigenvalue weighted by Crippen LogP contribution is 2.34. The van der Waals surface area contributed by atoms with E-state index in [0.717, 1.165) is 34.6 Å². The van der Waals surface area contributed by atoms with E-state index in [1.54, 1.807) is 0 Å². The first-order valence-electron chi connectivity index (χ1n) is 20.2. The molecule has 1 saturated heterocycles. The van der Waals surface area contributed by atoms with Crippen LogP contribution in [0.15, 0.2) is 66.7 Å². The van der Waals surface area contributed by atoms with E-state index in [4.69, 9.17) is 10.1 Å². The quantitative estimate of drug-likeness (QED) is 0.0423. The third-order valence-electron chi connectivity index (χ3n) is 10.8. The van der Waals surface area contributed by atoms with Gasteiger partial charge in [0.15, 0.2) is 6.61 Å². The Morgan fingerprint density at radius 2 is 1.69 bits per heavy atom. The summed E-state index contributed by atoms with van der Waals surface area (Å²) in [5, 5.41) is 39.8. The lowest BCUT2D eigenvalue weighted by Crippen LogP contribution is -2.54. The number of aromatic hydroxyl groups is 1. The lowest BCUT2D eigenvalue weighted by atomic mass is 10.0. The Hall–Kier alpha value is -7.37. The van der Waals surface area contributed by atoms with Gasteiger partial charge in [0.1, 0.15) is 29.0 Å². The minimum Gasteiger partial charge on any atom is -0.507 e. The predicted molar refractivity (Wildman–Crippen MR) is 222 cm³/mol. The van der Waals surface area contributed by atoms with E-state index in [2.05, 4.69) is 21.3 Å². The fourth-order valence-corrected chi connectivity index (χ4v) is 7.47. The number of phenols is 1. The van der Waals surface area contributed by atoms with Gasteiger partial charge in [-0.2, -0.15) is 0 Å². The van der Waals surface area contributed by atoms with Crippen molar-refractivity contribution in [3.05, 3.63) is 100 Å². The third kappa shape index (κ3) is 10.3. The van der Waals surface area contributed by atoms with Crippen LogP contribution in [-0.4, -0.2) is 112 Å². The molecule has 18 nitrogen and oxygen atoms in total. The second kappa shape index (κ2) is 19.8. The van der Waals surface area contributed by atoms with Crippen LogP contribution in [0.5, 0.6) is 11.5 Å². The maximum Gasteiger partial charge on any atom is 0.269 e. The Morgan fingerprint density at radius 3 is 2.47 bits per heavy atom. The summed E-state index contributed by atoms with van der Waals surface area (Å²) in [7, 11) is 1.51. The molecule has 0 radical (unpaired) electrons. The van der Waals surface area contributed by atoms with Gasteiger partial charge >= 0.3 is 0 Å². The largest absolute Gasteiger partial charge is 0.507 e. The number of carbonyl (C=O) groups is 8. The summed E-state index contributed by atoms with van der Waals surface area (Å²) < 4.78 is 5.59. The molecule has 6 rings (SSSR count). The van der Waals surface area contributed by atoms with Crippen LogP contribution in [0, 0.1) is 5.41 Å². The van der Waals surface area contributed by atoms with Crippen LogP contribution in [0.1, 0.15) is 98.8 Å². The highest BCUT2D eigenvalue weighted by Gasteiger charge is 2.46. The number of likely N-dealkylation sites (N-methyl/N-ethyl adjacent to an activating group) is 1. The lowest BCUT2D eigenvalue weighted by Gasteiger charge is -2.27. The number of benzene rings is 3. The number of unbranched alkanes of at least 4 members (excludes halogenated alkanes) is 2. The SMILES string of the molecule is CN(CCNC(=O)CCCCCNC(=O)COc1cccc2c1C(=O)N(C1CCC(=O)NC1=O)C2=O)C(=O)c1ccc(/C(O)=C/C(=N)C(=O)NC2CCc3ccccc32)cc1O. The van der Waals surface area contributed by atoms with E-state index >= 15 is 0 Å². The molecule has 3 aromatic rings. The predicted octanol–water partition coefficient (Wildman–Crippen LogP) is 2.46. The van der Waals surface area contributed by atoms with Crippen molar-refractivity contribution in [2.24, 2.45) is 0 Å². The number of aliphatic hydroxyl groups is 1. The van der Waals surface area contributed by atoms with Gasteiger partial charge in [-0.3, -0.25) is 54.0 Å². The molecule has 2 aliphatic heterocycles. The Kier molecular flexibility index (Phi) is 14.1. The van der Waals surface area contributed by atoms with Crippen molar-refractivity contribution in [3.8, 4) is 11.5 Å². The second-order valence-corrected chi connectivity index (χ2v) is 15.1. The van der Waals surface area contributed by atoms with E-state index in [-0.39, 0.29) is 72.3 Å². The molecule has 3 aliphatic rings. The van der Waals surface area contributed by atoms with Crippen LogP contribution >= 0.6 is 0 Å². The molecule has 7 N–H and O–H groups in total. The van der Waals surface area contributed by atoms with E-state index in [1.807, 2.05) is 24.3 Å². The molecule has 62 heavy (non-hydrogen) atoms. The Labute approximate surface area is 356 Å². The number of imide groups is 2. The standard InChI is InChI=1S/C44H47N7O11/c1-50(42(59)28-15-13-26(22-34(28)53)33(52)23-30(45)40(57)48-31-16-14-25-8-4-5-9-27(25)31)21-20-47-36(54)12-3-2-6-19-46-38(56)24-62-35-11-7-10-29-39(35)44(61)51(43(29)60)32-17-18-37(55)49-41(32)58/h4-5,7-11,13,15,22-23,31-32,45,52-53H,2-3,6,12,14,16-21,24H2,1H3,(H,46,56)(H,47,54)(H,48,57)(H,49,55,58)/b33-23-,45-30?. The summed E-state index contributed by atoms with van der Waals surface area (Å²) in [4.78, 5) is 103. The molecule has 324 valence electrons. The van der Waals surface area contributed by atoms with E-state index in [9.17, 15) is 48.6 Å². The average Bonchev–Trinajstić information content (AvgIpc) is 3.77. The number of aliphatic hydroxyl groups excluding tert-OH is 1. The maximum atomic E-state index is 13.2. The highest BCUT2D eigenvalue weighted by molar-refractivity contribution is 6.43. The molecule has 3 aromatic carbocycles. The monoisotopic (exact) mass is 849 g/mol. The van der Waals surface area contributed by atoms with E-state index in [0.29, 0.717) is 32.2 Å². The Balaban J connectivity index is 0.848. The van der Waals surface area contributed by atoms with Crippen molar-refractivity contribution in [1.82, 2.24) is 31.1 Å². The van der Waals surface area contributed by atoms with Gasteiger partial charge in [-0.05, 0) is 67.5 Å². The summed E-state index contributed by atoms with van der Waals surface area (Å²) in [5.41, 5.74) is 1.69. The van der Waals surface area contributed by atoms with Crippen LogP contribution < -0.4 is 26.0 Å². The van der Waals surface area contributed by atoms with Gasteiger partial charge in [-0.15, -0.1) is 0 Å². The van der Waals surface area contributed by atoms with Gasteiger partial charge in [0.25, 0.3) is 29.5 Å². The summed E-state index contributed by atoms with van der Waals surface area (Å²) in [6.45, 7) is 0.143. The van der Waals surface area contributed by atoms with Crippen LogP contribution in [0.2, 0.25) is 0 Å². The molecule has 0 bridgehead atoms. The number of ether oxygens (including phenoxy) is 1. The molecule has 2 atom stereocenters. The summed E-state index contributed by atoms with van der Waals surface area (Å²) in [6, 6.07) is 14.6. The number of aryl methyl sites for hydroxylation is 1. The zero-order valence-electron chi connectivity index (χ0n) is 34.0. The van der Waals surface area contributed by atoms with E-state index < -0.39 is 71.2 Å². The summed E-state index contributed by atoms with van der Waals surface area (Å²) >= 11 is 0. The number of carbonyl (C=O) groups excluding carboxylic acids is 8. The first kappa shape index (κ1) is 44.2. The minimum atomic E-state index is -1.13. The second-order valence-electron chi connectivity index (χ2n) is 15.1. The van der Waals surface area contributed by atoms with Gasteiger partial charge in [-0.25, -0.2) is 0 Å². The fraction of sp³-hybridized carbons (Fsp3) is 0.341. The number of hydrogen-bond donors (Lipinski definition) is 7. The van der Waals surface area contributed by atoms with Gasteiger partial charge < -0.3 is 35.8 Å². The molecule has 18 heteroatoms. The number of nitrogens with zero attached hydrogens (tertiary/aromatic N) is 2. The first-order valence-corrected chi connectivity index (χ1v) is 20.2. The molecule has 0 saturated carbocycles. The summed E-state index contributed by atoms with van der Waals surface area (Å²) in [5.74, 6) is -5.39. The first-order chi connectivity index (χ1) is 29.7. The number of amides is 8. The molecule has 0 aromatic heterocycles. The normalized spacial score (nSPS) is 16.9. The van der Waals surface area contributed by atoms with Crippen molar-refractivity contribution in [2.75, 3.05) is 33.3 Å². The molecular formula is C44H47N7O11. The van der Waals surface area contributed by atoms with Crippen molar-refractivity contribution in [1.29, 1.82) is 5.41 Å². The lowest BCUT2D eigenvalue weighted by molar-refractivity contribution is -0.136. The van der Waals surface area contributed by atoms with Gasteiger partial charge in [0, 0.05) is 51.2 Å². The van der Waals surface area contributed by atoms with Crippen molar-refractivity contribution in [2.45, 2.75) is 63.5 Å². The van der Waals surface area contributed by atoms with Gasteiger partial charge in [0.2, 0.25) is 17.7 Å². The number of phenolic OH excluding ortho intramolecular Hbond substituents is 1. The Morgan fingerprint density at radius 1 is 0.919 bits per heavy atom. The smallest absolute Gasteiger partial charge is 0.269 e. The third-order valence-corrected chi connectivity index (χ3v) is 10.8. The number of rotatable bonds is 18. The van der Waals surface area contributed by atoms with Crippen molar-refractivity contribution < 1.29 is 53.3 Å². The number of nitrogens with one attached hydrogen (secondary N) is 5. The molecule has 8 amide bonds. The zero-order valence-corrected chi connectivity index (χ0v) is 34.0. The van der Waals surface area contributed by atoms with Crippen molar-refractivity contribution in [3.63, 3.8) is 0 Å². The fourth-order valence-electron chi connectivity index (χ4n) is 7.47. The van der Waals surface area contributed by atoms with Crippen LogP contribution in [-0.2, 0) is 30.4 Å². The molecule has 1 aliphatic carbocycles. The van der Waals surface area contributed by atoms with Crippen LogP contribution in [0.3, 0.4) is 0 Å². The number of fused-ring (bicyclic) bond motifs is 2. The minimum absolute atomic E-state index is 0.00864. The molecule has 2 heterocycles. The molecular weight excluding hydrogens is 803 g/mol. The topological polar surface area (TPSA) is 265 Å². The van der Waals surface area contributed by atoms with Crippen LogP contribution in [0.25, 0.3) is 5.76 Å². The molecule has 0 spiro atoms. The average molecular weight is 850 g/mol. The number of piperidine rings is 1. The summed E-state index contributed by atoms with van der Waals surface area (Å²) in [6.07, 6.45) is 4.42. The van der Waals surface area contributed by atoms with Gasteiger partial charge in [0.05, 0.1) is 22.7 Å². The van der Waals surface area contributed by atoms with Crippen LogP contribution in [0.4, 0.5) is 0 Å². The molecule has 2 unspecified atom stereocenters. The van der Waals surface area contributed by atoms with E-state index in [1.165, 1.54) is 42.3 Å². The molecule has 1 fully saturated rings. The highest BCUT2D eigenvalue weighted by atomic mass is 16.5. The Bertz CT molecular complexity index is 2360.